The lowest BCUT2D eigenvalue weighted by atomic mass is 9.80. The molecular formula is C14H10N4O4. The first-order chi connectivity index (χ1) is 10.3. The van der Waals surface area contributed by atoms with E-state index in [4.69, 9.17) is 11.5 Å². The molecule has 0 heterocycles. The zero-order valence-electron chi connectivity index (χ0n) is 11.3. The summed E-state index contributed by atoms with van der Waals surface area (Å²) in [6.45, 7) is 6.73. The van der Waals surface area contributed by atoms with E-state index >= 15 is 0 Å². The molecule has 8 nitrogen and oxygen atoms in total. The third kappa shape index (κ3) is 1.94. The number of Topliss-reactive ketones (excluding diaryl/α,β-unsaturated/α-hetero) is 2. The van der Waals surface area contributed by atoms with Gasteiger partial charge in [0.15, 0.2) is 11.6 Å². The van der Waals surface area contributed by atoms with Crippen molar-refractivity contribution in [2.75, 3.05) is 5.73 Å². The van der Waals surface area contributed by atoms with E-state index < -0.39 is 17.3 Å². The van der Waals surface area contributed by atoms with Gasteiger partial charge in [-0.3, -0.25) is 9.59 Å². The Morgan fingerprint density at radius 1 is 1.00 bits per heavy atom. The lowest BCUT2D eigenvalue weighted by Crippen LogP contribution is -2.26. The fourth-order valence-corrected chi connectivity index (χ4v) is 2.26. The Balaban J connectivity index is 2.94. The molecule has 0 bridgehead atoms. The number of allylic oxidation sites excluding steroid dienone is 2. The molecule has 8 heteroatoms. The second-order valence-corrected chi connectivity index (χ2v) is 4.49. The number of anilines is 1. The maximum absolute atomic E-state index is 12.6. The molecule has 2 rings (SSSR count). The third-order valence-electron chi connectivity index (χ3n) is 3.19. The van der Waals surface area contributed by atoms with Crippen LogP contribution in [0.25, 0.3) is 0 Å². The van der Waals surface area contributed by atoms with Crippen LogP contribution < -0.4 is 11.5 Å². The highest BCUT2D eigenvalue weighted by molar-refractivity contribution is 6.32. The molecule has 0 amide bonds. The van der Waals surface area contributed by atoms with E-state index in [1.165, 1.54) is 12.1 Å². The minimum atomic E-state index is -0.788. The number of hydrogen-bond acceptors (Lipinski definition) is 8. The van der Waals surface area contributed by atoms with Gasteiger partial charge in [0.05, 0.1) is 22.3 Å². The first kappa shape index (κ1) is 15.0. The fraction of sp³-hybridized carbons (Fsp3) is 0. The van der Waals surface area contributed by atoms with E-state index in [1.807, 2.05) is 0 Å². The Labute approximate surface area is 124 Å². The second-order valence-electron chi connectivity index (χ2n) is 4.49. The predicted octanol–water partition coefficient (Wildman–Crippen LogP) is 2.09. The third-order valence-corrected chi connectivity index (χ3v) is 3.19. The monoisotopic (exact) mass is 298 g/mol. The maximum atomic E-state index is 12.6. The van der Waals surface area contributed by atoms with Crippen molar-refractivity contribution in [3.8, 4) is 0 Å². The quantitative estimate of drug-likeness (QED) is 0.643. The lowest BCUT2D eigenvalue weighted by Gasteiger charge is -2.22. The van der Waals surface area contributed by atoms with Crippen molar-refractivity contribution in [2.45, 2.75) is 0 Å². The average Bonchev–Trinajstić information content (AvgIpc) is 2.49. The summed E-state index contributed by atoms with van der Waals surface area (Å²) < 4.78 is 0. The summed E-state index contributed by atoms with van der Waals surface area (Å²) in [5.41, 5.74) is 8.99. The number of nitrogen functional groups attached to an aromatic ring is 1. The molecule has 0 saturated carbocycles. The van der Waals surface area contributed by atoms with Crippen molar-refractivity contribution in [2.24, 2.45) is 16.1 Å². The predicted molar refractivity (Wildman–Crippen MR) is 80.3 cm³/mol. The summed E-state index contributed by atoms with van der Waals surface area (Å²) in [6.07, 6.45) is 0. The van der Waals surface area contributed by atoms with Gasteiger partial charge >= 0.3 is 0 Å². The number of ketones is 2. The van der Waals surface area contributed by atoms with Crippen LogP contribution in [0, 0.1) is 9.81 Å². The van der Waals surface area contributed by atoms with Gasteiger partial charge in [0.2, 0.25) is 0 Å². The topological polar surface area (TPSA) is 145 Å². The molecule has 0 aliphatic heterocycles. The Bertz CT molecular complexity index is 820. The van der Waals surface area contributed by atoms with E-state index in [1.54, 1.807) is 0 Å². The Morgan fingerprint density at radius 2 is 1.59 bits per heavy atom. The van der Waals surface area contributed by atoms with Crippen LogP contribution in [0.1, 0.15) is 20.7 Å². The number of nitroso groups, excluding NO2 is 2. The molecule has 0 saturated heterocycles. The number of carbonyl (C=O) groups excluding carboxylic acids is 2. The molecule has 1 aromatic rings. The van der Waals surface area contributed by atoms with E-state index in [0.717, 1.165) is 0 Å². The first-order valence-electron chi connectivity index (χ1n) is 5.92. The van der Waals surface area contributed by atoms with Crippen molar-refractivity contribution < 1.29 is 9.59 Å². The molecule has 1 aliphatic carbocycles. The van der Waals surface area contributed by atoms with Crippen molar-refractivity contribution in [3.05, 3.63) is 68.8 Å². The molecule has 0 aromatic heterocycles. The largest absolute Gasteiger partial charge is 0.399 e. The number of nitrogens with zero attached hydrogens (tertiary/aromatic N) is 2. The van der Waals surface area contributed by atoms with Crippen LogP contribution in [0.15, 0.2) is 58.2 Å². The van der Waals surface area contributed by atoms with E-state index in [9.17, 15) is 19.4 Å². The Kier molecular flexibility index (Phi) is 3.52. The van der Waals surface area contributed by atoms with Gasteiger partial charge in [0.25, 0.3) is 0 Å². The molecule has 4 N–H and O–H groups in total. The second kappa shape index (κ2) is 5.17. The number of nitrogens with two attached hydrogens (primary N) is 2. The molecule has 0 unspecified atom stereocenters. The van der Waals surface area contributed by atoms with Crippen LogP contribution in [0.2, 0.25) is 0 Å². The van der Waals surface area contributed by atoms with Gasteiger partial charge < -0.3 is 11.5 Å². The van der Waals surface area contributed by atoms with E-state index in [2.05, 4.69) is 23.5 Å². The van der Waals surface area contributed by atoms with Gasteiger partial charge in [-0.2, -0.15) is 0 Å². The minimum Gasteiger partial charge on any atom is -0.399 e. The molecule has 1 aliphatic rings. The Hall–Kier alpha value is -3.42. The van der Waals surface area contributed by atoms with Gasteiger partial charge in [-0.15, -0.1) is 9.81 Å². The molecule has 0 atom stereocenters. The number of rotatable bonds is 4. The van der Waals surface area contributed by atoms with Crippen molar-refractivity contribution >= 4 is 22.9 Å². The van der Waals surface area contributed by atoms with Crippen molar-refractivity contribution in [3.63, 3.8) is 0 Å². The standard InChI is InChI=1S/C14H10N4O4/c1-5(15)9-10(6(2)17-21)14(20)11-7(16)3-4-8(18-22)12(11)13(9)19/h3-4H,1-2,15-16H2. The fourth-order valence-electron chi connectivity index (χ4n) is 2.26. The summed E-state index contributed by atoms with van der Waals surface area (Å²) in [5.74, 6) is -1.58. The van der Waals surface area contributed by atoms with Gasteiger partial charge in [0.1, 0.15) is 11.4 Å². The zero-order valence-corrected chi connectivity index (χ0v) is 11.3. The van der Waals surface area contributed by atoms with Crippen LogP contribution in [0.3, 0.4) is 0 Å². The van der Waals surface area contributed by atoms with Crippen molar-refractivity contribution in [1.29, 1.82) is 0 Å². The van der Waals surface area contributed by atoms with Crippen LogP contribution in [0.4, 0.5) is 11.4 Å². The molecule has 1 aromatic carbocycles. The lowest BCUT2D eigenvalue weighted by molar-refractivity contribution is 0.0979. The van der Waals surface area contributed by atoms with Crippen LogP contribution >= 0.6 is 0 Å². The highest BCUT2D eigenvalue weighted by atomic mass is 16.3. The van der Waals surface area contributed by atoms with Gasteiger partial charge in [0, 0.05) is 11.4 Å². The highest BCUT2D eigenvalue weighted by Crippen LogP contribution is 2.39. The minimum absolute atomic E-state index is 0.0429. The Morgan fingerprint density at radius 3 is 2.09 bits per heavy atom. The smallest absolute Gasteiger partial charge is 0.199 e. The van der Waals surface area contributed by atoms with Crippen molar-refractivity contribution in [1.82, 2.24) is 0 Å². The summed E-state index contributed by atoms with van der Waals surface area (Å²) in [6, 6.07) is 2.47. The highest BCUT2D eigenvalue weighted by Gasteiger charge is 2.38. The number of hydrogen-bond donors (Lipinski definition) is 2. The normalized spacial score (nSPS) is 13.6. The summed E-state index contributed by atoms with van der Waals surface area (Å²) in [4.78, 5) is 46.8. The molecule has 110 valence electrons. The average molecular weight is 298 g/mol. The molecule has 22 heavy (non-hydrogen) atoms. The van der Waals surface area contributed by atoms with Gasteiger partial charge in [-0.25, -0.2) is 0 Å². The zero-order chi connectivity index (χ0) is 16.6. The molecule has 0 fully saturated rings. The van der Waals surface area contributed by atoms with Crippen LogP contribution in [-0.4, -0.2) is 11.6 Å². The van der Waals surface area contributed by atoms with Crippen LogP contribution in [-0.2, 0) is 0 Å². The summed E-state index contributed by atoms with van der Waals surface area (Å²) in [7, 11) is 0. The molecular weight excluding hydrogens is 288 g/mol. The molecule has 0 spiro atoms. The van der Waals surface area contributed by atoms with Gasteiger partial charge in [-0.1, -0.05) is 13.2 Å². The molecule has 0 radical (unpaired) electrons. The van der Waals surface area contributed by atoms with Crippen LogP contribution in [0.5, 0.6) is 0 Å². The van der Waals surface area contributed by atoms with E-state index in [0.29, 0.717) is 0 Å². The number of carbonyl (C=O) groups is 2. The van der Waals surface area contributed by atoms with E-state index in [-0.39, 0.29) is 39.3 Å². The maximum Gasteiger partial charge on any atom is 0.199 e. The number of fused-ring (bicyclic) bond motifs is 1. The summed E-state index contributed by atoms with van der Waals surface area (Å²) >= 11 is 0. The number of benzene rings is 1. The van der Waals surface area contributed by atoms with Gasteiger partial charge in [-0.05, 0) is 22.5 Å². The SMILES string of the molecule is C=C(N)C1=C(C(=C)N=O)C(=O)c2c(N)ccc(N=O)c2C1=O. The first-order valence-corrected chi connectivity index (χ1v) is 5.92. The summed E-state index contributed by atoms with van der Waals surface area (Å²) in [5, 5.41) is 5.29.